The van der Waals surface area contributed by atoms with E-state index in [1.165, 1.54) is 0 Å². The Bertz CT molecular complexity index is 1310. The Morgan fingerprint density at radius 3 is 2.75 bits per heavy atom. The van der Waals surface area contributed by atoms with Crippen molar-refractivity contribution in [1.82, 2.24) is 19.5 Å². The van der Waals surface area contributed by atoms with Crippen LogP contribution in [0.4, 0.5) is 0 Å². The molecule has 32 heavy (non-hydrogen) atoms. The van der Waals surface area contributed by atoms with Crippen molar-refractivity contribution in [3.63, 3.8) is 0 Å². The van der Waals surface area contributed by atoms with E-state index in [0.717, 1.165) is 24.3 Å². The molecule has 2 aromatic heterocycles. The molecule has 7 nitrogen and oxygen atoms in total. The molecule has 0 bridgehead atoms. The van der Waals surface area contributed by atoms with E-state index in [-0.39, 0.29) is 11.8 Å². The van der Waals surface area contributed by atoms with Gasteiger partial charge < -0.3 is 9.64 Å². The zero-order chi connectivity index (χ0) is 21.9. The number of benzene rings is 2. The summed E-state index contributed by atoms with van der Waals surface area (Å²) in [5.74, 6) is 2.22. The molecule has 2 aromatic carbocycles. The fourth-order valence-electron chi connectivity index (χ4n) is 4.12. The zero-order valence-corrected chi connectivity index (χ0v) is 17.4. The smallest absolute Gasteiger partial charge is 0.254 e. The normalized spacial score (nSPS) is 16.0. The lowest BCUT2D eigenvalue weighted by atomic mass is 9.96. The van der Waals surface area contributed by atoms with Gasteiger partial charge in [-0.3, -0.25) is 9.20 Å². The Labute approximate surface area is 185 Å². The Morgan fingerprint density at radius 1 is 1.03 bits per heavy atom. The Balaban J connectivity index is 1.32. The number of aromatic nitrogens is 3. The van der Waals surface area contributed by atoms with Gasteiger partial charge in [-0.25, -0.2) is 0 Å². The SMILES string of the molecule is N#Cc1ccc(Oc2cccc(C(=O)N3CCCC(c4nnc5ccccn45)C3)c2)cc1. The third-order valence-electron chi connectivity index (χ3n) is 5.71. The number of likely N-dealkylation sites (tertiary alicyclic amines) is 1. The van der Waals surface area contributed by atoms with Crippen LogP contribution in [0.2, 0.25) is 0 Å². The molecule has 1 saturated heterocycles. The molecular formula is C25H21N5O2. The highest BCUT2D eigenvalue weighted by atomic mass is 16.5. The van der Waals surface area contributed by atoms with Crippen molar-refractivity contribution in [1.29, 1.82) is 5.26 Å². The summed E-state index contributed by atoms with van der Waals surface area (Å²) in [7, 11) is 0. The molecule has 0 radical (unpaired) electrons. The van der Waals surface area contributed by atoms with Gasteiger partial charge in [0.1, 0.15) is 17.3 Å². The predicted octanol–water partition coefficient (Wildman–Crippen LogP) is 4.41. The first-order chi connectivity index (χ1) is 15.7. The molecule has 1 amide bonds. The summed E-state index contributed by atoms with van der Waals surface area (Å²) in [6, 6.07) is 22.0. The van der Waals surface area contributed by atoms with Gasteiger partial charge in [0.15, 0.2) is 5.65 Å². The van der Waals surface area contributed by atoms with E-state index in [0.29, 0.717) is 35.7 Å². The number of hydrogen-bond donors (Lipinski definition) is 0. The van der Waals surface area contributed by atoms with Crippen LogP contribution in [-0.4, -0.2) is 38.5 Å². The Kier molecular flexibility index (Phi) is 5.26. The first kappa shape index (κ1) is 19.8. The van der Waals surface area contributed by atoms with Crippen molar-refractivity contribution in [2.24, 2.45) is 0 Å². The highest BCUT2D eigenvalue weighted by Crippen LogP contribution is 2.28. The van der Waals surface area contributed by atoms with E-state index < -0.39 is 0 Å². The van der Waals surface area contributed by atoms with Gasteiger partial charge in [-0.1, -0.05) is 12.1 Å². The van der Waals surface area contributed by atoms with Crippen LogP contribution in [0, 0.1) is 11.3 Å². The second kappa shape index (κ2) is 8.52. The lowest BCUT2D eigenvalue weighted by Crippen LogP contribution is -2.39. The average Bonchev–Trinajstić information content (AvgIpc) is 3.29. The maximum atomic E-state index is 13.3. The molecule has 1 unspecified atom stereocenters. The van der Waals surface area contributed by atoms with Crippen molar-refractivity contribution in [3.05, 3.63) is 89.9 Å². The summed E-state index contributed by atoms with van der Waals surface area (Å²) in [6.45, 7) is 1.32. The molecule has 3 heterocycles. The lowest BCUT2D eigenvalue weighted by Gasteiger charge is -2.32. The first-order valence-corrected chi connectivity index (χ1v) is 10.6. The molecule has 1 atom stereocenters. The predicted molar refractivity (Wildman–Crippen MR) is 119 cm³/mol. The summed E-state index contributed by atoms with van der Waals surface area (Å²) < 4.78 is 7.89. The van der Waals surface area contributed by atoms with Crippen LogP contribution in [0.25, 0.3) is 5.65 Å². The summed E-state index contributed by atoms with van der Waals surface area (Å²) in [4.78, 5) is 15.1. The number of nitriles is 1. The van der Waals surface area contributed by atoms with Gasteiger partial charge >= 0.3 is 0 Å². The van der Waals surface area contributed by atoms with Crippen LogP contribution >= 0.6 is 0 Å². The van der Waals surface area contributed by atoms with Crippen LogP contribution in [0.1, 0.15) is 40.5 Å². The molecule has 0 spiro atoms. The number of pyridine rings is 1. The van der Waals surface area contributed by atoms with Gasteiger partial charge in [0.2, 0.25) is 0 Å². The lowest BCUT2D eigenvalue weighted by molar-refractivity contribution is 0.0704. The number of carbonyl (C=O) groups excluding carboxylic acids is 1. The van der Waals surface area contributed by atoms with E-state index in [9.17, 15) is 4.79 Å². The van der Waals surface area contributed by atoms with Gasteiger partial charge in [-0.05, 0) is 67.4 Å². The molecule has 7 heteroatoms. The molecule has 0 N–H and O–H groups in total. The van der Waals surface area contributed by atoms with Crippen molar-refractivity contribution >= 4 is 11.6 Å². The van der Waals surface area contributed by atoms with Crippen LogP contribution in [0.15, 0.2) is 72.9 Å². The number of amides is 1. The molecule has 158 valence electrons. The Hall–Kier alpha value is -4.18. The number of carbonyl (C=O) groups is 1. The molecular weight excluding hydrogens is 402 g/mol. The summed E-state index contributed by atoms with van der Waals surface area (Å²) in [5.41, 5.74) is 1.97. The van der Waals surface area contributed by atoms with E-state index in [4.69, 9.17) is 10.00 Å². The fraction of sp³-hybridized carbons (Fsp3) is 0.200. The minimum Gasteiger partial charge on any atom is -0.457 e. The zero-order valence-electron chi connectivity index (χ0n) is 17.4. The minimum absolute atomic E-state index is 0.0196. The monoisotopic (exact) mass is 423 g/mol. The first-order valence-electron chi connectivity index (χ1n) is 10.6. The molecule has 0 saturated carbocycles. The quantitative estimate of drug-likeness (QED) is 0.485. The largest absolute Gasteiger partial charge is 0.457 e. The third-order valence-corrected chi connectivity index (χ3v) is 5.71. The van der Waals surface area contributed by atoms with Gasteiger partial charge in [0.05, 0.1) is 11.6 Å². The molecule has 1 aliphatic rings. The van der Waals surface area contributed by atoms with E-state index in [1.807, 2.05) is 51.9 Å². The van der Waals surface area contributed by atoms with Gasteiger partial charge in [0.25, 0.3) is 5.91 Å². The summed E-state index contributed by atoms with van der Waals surface area (Å²) in [5, 5.41) is 17.6. The highest BCUT2D eigenvalue weighted by molar-refractivity contribution is 5.94. The number of piperidine rings is 1. The molecule has 1 aliphatic heterocycles. The number of nitrogens with zero attached hydrogens (tertiary/aromatic N) is 5. The standard InChI is InChI=1S/C25H21N5O2/c26-16-18-9-11-21(12-10-18)32-22-7-3-5-19(15-22)25(31)29-13-4-6-20(17-29)24-28-27-23-8-1-2-14-30(23)24/h1-3,5,7-12,14-15,20H,4,6,13,17H2. The molecule has 4 aromatic rings. The summed E-state index contributed by atoms with van der Waals surface area (Å²) in [6.07, 6.45) is 3.86. The second-order valence-corrected chi connectivity index (χ2v) is 7.84. The number of rotatable bonds is 4. The molecule has 5 rings (SSSR count). The average molecular weight is 423 g/mol. The number of hydrogen-bond acceptors (Lipinski definition) is 5. The van der Waals surface area contributed by atoms with Crippen molar-refractivity contribution in [3.8, 4) is 17.6 Å². The minimum atomic E-state index is -0.0196. The third kappa shape index (κ3) is 3.91. The summed E-state index contributed by atoms with van der Waals surface area (Å²) >= 11 is 0. The second-order valence-electron chi connectivity index (χ2n) is 7.84. The van der Waals surface area contributed by atoms with Crippen molar-refractivity contribution < 1.29 is 9.53 Å². The van der Waals surface area contributed by atoms with E-state index in [1.54, 1.807) is 30.3 Å². The Morgan fingerprint density at radius 2 is 1.91 bits per heavy atom. The van der Waals surface area contributed by atoms with Crippen LogP contribution in [0.5, 0.6) is 11.5 Å². The number of ether oxygens (including phenoxy) is 1. The highest BCUT2D eigenvalue weighted by Gasteiger charge is 2.28. The van der Waals surface area contributed by atoms with Crippen LogP contribution in [0.3, 0.4) is 0 Å². The fourth-order valence-corrected chi connectivity index (χ4v) is 4.12. The van der Waals surface area contributed by atoms with Gasteiger partial charge in [-0.15, -0.1) is 10.2 Å². The van der Waals surface area contributed by atoms with Gasteiger partial charge in [-0.2, -0.15) is 5.26 Å². The molecule has 1 fully saturated rings. The van der Waals surface area contributed by atoms with Gasteiger partial charge in [0, 0.05) is 30.8 Å². The maximum Gasteiger partial charge on any atom is 0.254 e. The van der Waals surface area contributed by atoms with E-state index >= 15 is 0 Å². The topological polar surface area (TPSA) is 83.5 Å². The molecule has 0 aliphatic carbocycles. The van der Waals surface area contributed by atoms with Crippen molar-refractivity contribution in [2.75, 3.05) is 13.1 Å². The van der Waals surface area contributed by atoms with Crippen molar-refractivity contribution in [2.45, 2.75) is 18.8 Å². The maximum absolute atomic E-state index is 13.3. The number of fused-ring (bicyclic) bond motifs is 1. The van der Waals surface area contributed by atoms with E-state index in [2.05, 4.69) is 16.3 Å². The van der Waals surface area contributed by atoms with Crippen LogP contribution in [-0.2, 0) is 0 Å². The van der Waals surface area contributed by atoms with Crippen LogP contribution < -0.4 is 4.74 Å².